The molecular formula is C16H26N2O. The Morgan fingerprint density at radius 1 is 1.32 bits per heavy atom. The second-order valence-corrected chi connectivity index (χ2v) is 6.04. The summed E-state index contributed by atoms with van der Waals surface area (Å²) in [5.41, 5.74) is 2.69. The monoisotopic (exact) mass is 262 g/mol. The second kappa shape index (κ2) is 6.40. The second-order valence-electron chi connectivity index (χ2n) is 6.04. The number of nitrogens with one attached hydrogen (secondary N) is 1. The molecule has 3 nitrogen and oxygen atoms in total. The summed E-state index contributed by atoms with van der Waals surface area (Å²) in [7, 11) is 0. The van der Waals surface area contributed by atoms with Crippen molar-refractivity contribution in [3.8, 4) is 0 Å². The zero-order valence-corrected chi connectivity index (χ0v) is 12.3. The summed E-state index contributed by atoms with van der Waals surface area (Å²) in [5.74, 6) is 0.624. The van der Waals surface area contributed by atoms with Gasteiger partial charge in [0, 0.05) is 24.8 Å². The van der Waals surface area contributed by atoms with Gasteiger partial charge in [-0.1, -0.05) is 32.0 Å². The molecular weight excluding hydrogens is 236 g/mol. The largest absolute Gasteiger partial charge is 0.390 e. The van der Waals surface area contributed by atoms with Gasteiger partial charge in [-0.25, -0.2) is 0 Å². The number of para-hydroxylation sites is 1. The molecule has 0 saturated carbocycles. The van der Waals surface area contributed by atoms with Gasteiger partial charge < -0.3 is 15.3 Å². The van der Waals surface area contributed by atoms with Crippen LogP contribution in [0.1, 0.15) is 26.3 Å². The Kier molecular flexibility index (Phi) is 4.83. The topological polar surface area (TPSA) is 35.5 Å². The van der Waals surface area contributed by atoms with Crippen LogP contribution in [0, 0.1) is 5.92 Å². The van der Waals surface area contributed by atoms with Crippen molar-refractivity contribution in [2.45, 2.75) is 39.3 Å². The van der Waals surface area contributed by atoms with Gasteiger partial charge in [-0.3, -0.25) is 0 Å². The average molecular weight is 262 g/mol. The summed E-state index contributed by atoms with van der Waals surface area (Å²) in [6.07, 6.45) is 0.773. The molecule has 0 saturated heterocycles. The zero-order chi connectivity index (χ0) is 13.8. The highest BCUT2D eigenvalue weighted by molar-refractivity contribution is 5.59. The number of rotatable bonds is 6. The Hall–Kier alpha value is -1.06. The summed E-state index contributed by atoms with van der Waals surface area (Å²) in [4.78, 5) is 2.33. The van der Waals surface area contributed by atoms with E-state index in [4.69, 9.17) is 0 Å². The van der Waals surface area contributed by atoms with Gasteiger partial charge in [0.05, 0.1) is 6.10 Å². The summed E-state index contributed by atoms with van der Waals surface area (Å²) in [6.45, 7) is 8.93. The Morgan fingerprint density at radius 3 is 2.79 bits per heavy atom. The van der Waals surface area contributed by atoms with Gasteiger partial charge in [0.25, 0.3) is 0 Å². The highest BCUT2D eigenvalue weighted by Crippen LogP contribution is 2.31. The van der Waals surface area contributed by atoms with E-state index in [1.807, 2.05) is 0 Å². The number of fused-ring (bicyclic) bond motifs is 1. The van der Waals surface area contributed by atoms with Crippen LogP contribution < -0.4 is 10.2 Å². The van der Waals surface area contributed by atoms with E-state index in [1.54, 1.807) is 0 Å². The highest BCUT2D eigenvalue weighted by atomic mass is 16.3. The van der Waals surface area contributed by atoms with Crippen molar-refractivity contribution in [2.24, 2.45) is 5.92 Å². The van der Waals surface area contributed by atoms with Gasteiger partial charge in [-0.2, -0.15) is 0 Å². The minimum Gasteiger partial charge on any atom is -0.390 e. The Balaban J connectivity index is 1.88. The van der Waals surface area contributed by atoms with Crippen LogP contribution in [0.25, 0.3) is 0 Å². The molecule has 0 aliphatic carbocycles. The maximum Gasteiger partial charge on any atom is 0.0839 e. The lowest BCUT2D eigenvalue weighted by Gasteiger charge is -2.27. The smallest absolute Gasteiger partial charge is 0.0839 e. The van der Waals surface area contributed by atoms with Gasteiger partial charge in [-0.05, 0) is 37.4 Å². The number of benzene rings is 1. The first kappa shape index (κ1) is 14.4. The van der Waals surface area contributed by atoms with E-state index in [1.165, 1.54) is 11.3 Å². The van der Waals surface area contributed by atoms with Crippen molar-refractivity contribution in [3.05, 3.63) is 29.8 Å². The SMILES string of the molecule is CC(C)CNCC(O)CN1c2ccccc2CC1C. The van der Waals surface area contributed by atoms with Gasteiger partial charge in [0.15, 0.2) is 0 Å². The van der Waals surface area contributed by atoms with E-state index in [9.17, 15) is 5.11 Å². The van der Waals surface area contributed by atoms with Crippen molar-refractivity contribution < 1.29 is 5.11 Å². The fourth-order valence-corrected chi connectivity index (χ4v) is 2.74. The molecule has 106 valence electrons. The zero-order valence-electron chi connectivity index (χ0n) is 12.3. The van der Waals surface area contributed by atoms with Crippen molar-refractivity contribution in [1.29, 1.82) is 0 Å². The summed E-state index contributed by atoms with van der Waals surface area (Å²) in [5, 5.41) is 13.5. The van der Waals surface area contributed by atoms with Crippen LogP contribution in [0.3, 0.4) is 0 Å². The van der Waals surface area contributed by atoms with Crippen molar-refractivity contribution in [1.82, 2.24) is 5.32 Å². The number of nitrogens with zero attached hydrogens (tertiary/aromatic N) is 1. The molecule has 0 radical (unpaired) electrons. The minimum atomic E-state index is -0.313. The van der Waals surface area contributed by atoms with Crippen LogP contribution in [0.2, 0.25) is 0 Å². The average Bonchev–Trinajstić information content (AvgIpc) is 2.66. The molecule has 1 heterocycles. The quantitative estimate of drug-likeness (QED) is 0.823. The molecule has 2 unspecified atom stereocenters. The third-order valence-corrected chi connectivity index (χ3v) is 3.69. The summed E-state index contributed by atoms with van der Waals surface area (Å²) in [6, 6.07) is 9.00. The predicted molar refractivity (Wildman–Crippen MR) is 80.7 cm³/mol. The first-order valence-corrected chi connectivity index (χ1v) is 7.31. The van der Waals surface area contributed by atoms with Crippen molar-refractivity contribution in [2.75, 3.05) is 24.5 Å². The molecule has 1 aliphatic rings. The predicted octanol–water partition coefficient (Wildman–Crippen LogP) is 2.04. The van der Waals surface area contributed by atoms with E-state index < -0.39 is 0 Å². The lowest BCUT2D eigenvalue weighted by molar-refractivity contribution is 0.174. The molecule has 1 aliphatic heterocycles. The number of anilines is 1. The van der Waals surface area contributed by atoms with Gasteiger partial charge >= 0.3 is 0 Å². The number of β-amino-alcohol motifs (C(OH)–C–C–N with tert-alkyl or cyclic N) is 1. The minimum absolute atomic E-state index is 0.313. The Labute approximate surface area is 116 Å². The molecule has 0 bridgehead atoms. The molecule has 0 spiro atoms. The van der Waals surface area contributed by atoms with Crippen molar-refractivity contribution >= 4 is 5.69 Å². The number of aliphatic hydroxyl groups is 1. The van der Waals surface area contributed by atoms with E-state index in [0.717, 1.165) is 13.0 Å². The number of hydrogen-bond acceptors (Lipinski definition) is 3. The molecule has 3 heteroatoms. The van der Waals surface area contributed by atoms with Crippen molar-refractivity contribution in [3.63, 3.8) is 0 Å². The molecule has 2 N–H and O–H groups in total. The summed E-state index contributed by atoms with van der Waals surface area (Å²) < 4.78 is 0. The fourth-order valence-electron chi connectivity index (χ4n) is 2.74. The van der Waals surface area contributed by atoms with Gasteiger partial charge in [0.1, 0.15) is 0 Å². The molecule has 2 rings (SSSR count). The van der Waals surface area contributed by atoms with Gasteiger partial charge in [-0.15, -0.1) is 0 Å². The molecule has 1 aromatic rings. The van der Waals surface area contributed by atoms with Crippen LogP contribution in [0.4, 0.5) is 5.69 Å². The highest BCUT2D eigenvalue weighted by Gasteiger charge is 2.26. The third-order valence-electron chi connectivity index (χ3n) is 3.69. The maximum atomic E-state index is 10.2. The fraction of sp³-hybridized carbons (Fsp3) is 0.625. The first-order chi connectivity index (χ1) is 9.08. The Morgan fingerprint density at radius 2 is 2.05 bits per heavy atom. The third kappa shape index (κ3) is 3.71. The molecule has 0 fully saturated rings. The molecule has 0 aromatic heterocycles. The standard InChI is InChI=1S/C16H26N2O/c1-12(2)9-17-10-15(19)11-18-13(3)8-14-6-4-5-7-16(14)18/h4-7,12-13,15,17,19H,8-11H2,1-3H3. The van der Waals surface area contributed by atoms with Crippen LogP contribution in [-0.4, -0.2) is 36.9 Å². The maximum absolute atomic E-state index is 10.2. The number of hydrogen-bond donors (Lipinski definition) is 2. The normalized spacial score (nSPS) is 19.8. The van der Waals surface area contributed by atoms with E-state index in [2.05, 4.69) is 55.3 Å². The first-order valence-electron chi connectivity index (χ1n) is 7.31. The lowest BCUT2D eigenvalue weighted by atomic mass is 10.1. The molecule has 1 aromatic carbocycles. The number of aliphatic hydroxyl groups excluding tert-OH is 1. The molecule has 19 heavy (non-hydrogen) atoms. The van der Waals surface area contributed by atoms with Crippen LogP contribution >= 0.6 is 0 Å². The van der Waals surface area contributed by atoms with Gasteiger partial charge in [0.2, 0.25) is 0 Å². The van der Waals surface area contributed by atoms with Crippen LogP contribution in [0.5, 0.6) is 0 Å². The van der Waals surface area contributed by atoms with E-state index >= 15 is 0 Å². The van der Waals surface area contributed by atoms with E-state index in [-0.39, 0.29) is 6.10 Å². The van der Waals surface area contributed by atoms with Crippen LogP contribution in [0.15, 0.2) is 24.3 Å². The Bertz CT molecular complexity index is 405. The molecule has 2 atom stereocenters. The van der Waals surface area contributed by atoms with Crippen LogP contribution in [-0.2, 0) is 6.42 Å². The summed E-state index contributed by atoms with van der Waals surface area (Å²) >= 11 is 0. The molecule has 0 amide bonds. The van der Waals surface area contributed by atoms with E-state index in [0.29, 0.717) is 25.0 Å². The lowest BCUT2D eigenvalue weighted by Crippen LogP contribution is -2.41.